The number of benzene rings is 1. The molecule has 19 heavy (non-hydrogen) atoms. The minimum atomic E-state index is -0.225. The number of aryl methyl sites for hydroxylation is 2. The zero-order valence-electron chi connectivity index (χ0n) is 12.1. The van der Waals surface area contributed by atoms with Crippen molar-refractivity contribution in [2.45, 2.75) is 46.6 Å². The fourth-order valence-electron chi connectivity index (χ4n) is 1.89. The van der Waals surface area contributed by atoms with Gasteiger partial charge >= 0.3 is 0 Å². The summed E-state index contributed by atoms with van der Waals surface area (Å²) >= 11 is 3.54. The number of hydrogen-bond donors (Lipinski definition) is 2. The van der Waals surface area contributed by atoms with Crippen molar-refractivity contribution in [3.05, 3.63) is 27.7 Å². The van der Waals surface area contributed by atoms with Gasteiger partial charge < -0.3 is 10.6 Å². The molecule has 1 amide bonds. The van der Waals surface area contributed by atoms with Crippen LogP contribution in [-0.2, 0) is 4.79 Å². The van der Waals surface area contributed by atoms with Gasteiger partial charge in [-0.2, -0.15) is 0 Å². The maximum absolute atomic E-state index is 11.9. The summed E-state index contributed by atoms with van der Waals surface area (Å²) < 4.78 is 1.12. The summed E-state index contributed by atoms with van der Waals surface area (Å²) in [6.45, 7) is 8.84. The highest BCUT2D eigenvalue weighted by Gasteiger charge is 2.12. The summed E-state index contributed by atoms with van der Waals surface area (Å²) in [6, 6.07) is 3.87. The van der Waals surface area contributed by atoms with Crippen molar-refractivity contribution in [3.8, 4) is 0 Å². The molecule has 0 aliphatic rings. The Balaban J connectivity index is 2.61. The van der Waals surface area contributed by atoms with E-state index >= 15 is 0 Å². The van der Waals surface area contributed by atoms with Gasteiger partial charge in [0, 0.05) is 16.7 Å². The molecule has 0 aromatic heterocycles. The quantitative estimate of drug-likeness (QED) is 0.781. The number of halogens is 1. The Hall–Kier alpha value is -1.03. The lowest BCUT2D eigenvalue weighted by atomic mass is 10.1. The molecule has 2 N–H and O–H groups in total. The number of anilines is 1. The van der Waals surface area contributed by atoms with E-state index in [1.165, 1.54) is 11.1 Å². The Labute approximate surface area is 124 Å². The van der Waals surface area contributed by atoms with Gasteiger partial charge in [0.25, 0.3) is 0 Å². The van der Waals surface area contributed by atoms with Crippen LogP contribution in [0, 0.1) is 13.8 Å². The summed E-state index contributed by atoms with van der Waals surface area (Å²) in [4.78, 5) is 11.9. The van der Waals surface area contributed by atoms with Gasteiger partial charge in [0.2, 0.25) is 5.91 Å². The number of carbonyl (C=O) groups is 1. The number of nitrogens with one attached hydrogen (secondary N) is 2. The first kappa shape index (κ1) is 16.0. The highest BCUT2D eigenvalue weighted by Crippen LogP contribution is 2.25. The molecule has 0 fully saturated rings. The zero-order chi connectivity index (χ0) is 14.4. The molecule has 0 spiro atoms. The van der Waals surface area contributed by atoms with Crippen LogP contribution >= 0.6 is 15.9 Å². The van der Waals surface area contributed by atoms with E-state index in [2.05, 4.69) is 33.5 Å². The van der Waals surface area contributed by atoms with E-state index in [-0.39, 0.29) is 11.9 Å². The molecule has 1 aromatic rings. The first-order valence-corrected chi connectivity index (χ1v) is 7.56. The Morgan fingerprint density at radius 2 is 1.89 bits per heavy atom. The van der Waals surface area contributed by atoms with Gasteiger partial charge in [0.05, 0.1) is 0 Å². The molecule has 0 aliphatic heterocycles. The van der Waals surface area contributed by atoms with Crippen LogP contribution in [0.25, 0.3) is 0 Å². The molecular formula is C15H23BrN2O. The number of carbonyl (C=O) groups excluding carboxylic acids is 1. The number of unbranched alkanes of at least 4 members (excludes halogenated alkanes) is 1. The standard InChI is InChI=1S/C15H23BrN2O/c1-5-6-7-17-15(19)12(4)18-13-8-10(2)14(16)11(3)9-13/h8-9,12,18H,5-7H2,1-4H3,(H,17,19). The van der Waals surface area contributed by atoms with Gasteiger partial charge in [-0.1, -0.05) is 29.3 Å². The summed E-state index contributed by atoms with van der Waals surface area (Å²) in [5, 5.41) is 6.18. The number of hydrogen-bond acceptors (Lipinski definition) is 2. The fraction of sp³-hybridized carbons (Fsp3) is 0.533. The molecule has 0 radical (unpaired) electrons. The second kappa shape index (κ2) is 7.53. The predicted octanol–water partition coefficient (Wildman–Crippen LogP) is 3.78. The monoisotopic (exact) mass is 326 g/mol. The Bertz CT molecular complexity index is 423. The fourth-order valence-corrected chi connectivity index (χ4v) is 2.12. The lowest BCUT2D eigenvalue weighted by Crippen LogP contribution is -2.38. The zero-order valence-corrected chi connectivity index (χ0v) is 13.7. The van der Waals surface area contributed by atoms with Crippen LogP contribution in [0.3, 0.4) is 0 Å². The van der Waals surface area contributed by atoms with Crippen molar-refractivity contribution in [1.29, 1.82) is 0 Å². The molecule has 3 nitrogen and oxygen atoms in total. The van der Waals surface area contributed by atoms with Crippen molar-refractivity contribution >= 4 is 27.5 Å². The summed E-state index contributed by atoms with van der Waals surface area (Å²) in [5.74, 6) is 0.0478. The van der Waals surface area contributed by atoms with E-state index in [0.717, 1.165) is 29.5 Å². The SMILES string of the molecule is CCCCNC(=O)C(C)Nc1cc(C)c(Br)c(C)c1. The van der Waals surface area contributed by atoms with Crippen molar-refractivity contribution in [2.24, 2.45) is 0 Å². The van der Waals surface area contributed by atoms with E-state index in [4.69, 9.17) is 0 Å². The second-order valence-electron chi connectivity index (χ2n) is 4.93. The smallest absolute Gasteiger partial charge is 0.242 e. The largest absolute Gasteiger partial charge is 0.374 e. The van der Waals surface area contributed by atoms with Crippen molar-refractivity contribution in [2.75, 3.05) is 11.9 Å². The molecule has 4 heteroatoms. The van der Waals surface area contributed by atoms with Gasteiger partial charge in [-0.25, -0.2) is 0 Å². The molecule has 1 atom stereocenters. The molecule has 1 aromatic carbocycles. The van der Waals surface area contributed by atoms with E-state index in [9.17, 15) is 4.79 Å². The maximum Gasteiger partial charge on any atom is 0.242 e. The van der Waals surface area contributed by atoms with Crippen LogP contribution in [-0.4, -0.2) is 18.5 Å². The minimum Gasteiger partial charge on any atom is -0.374 e. The molecule has 0 aliphatic carbocycles. The first-order valence-electron chi connectivity index (χ1n) is 6.76. The average molecular weight is 327 g/mol. The van der Waals surface area contributed by atoms with Crippen LogP contribution in [0.5, 0.6) is 0 Å². The van der Waals surface area contributed by atoms with Gasteiger partial charge in [0.1, 0.15) is 6.04 Å². The van der Waals surface area contributed by atoms with Crippen molar-refractivity contribution in [3.63, 3.8) is 0 Å². The highest BCUT2D eigenvalue weighted by atomic mass is 79.9. The lowest BCUT2D eigenvalue weighted by Gasteiger charge is -2.17. The topological polar surface area (TPSA) is 41.1 Å². The summed E-state index contributed by atoms with van der Waals surface area (Å²) in [6.07, 6.45) is 2.11. The molecule has 1 rings (SSSR count). The second-order valence-corrected chi connectivity index (χ2v) is 5.73. The molecule has 0 saturated carbocycles. The molecule has 106 valence electrons. The third-order valence-corrected chi connectivity index (χ3v) is 4.29. The van der Waals surface area contributed by atoms with Crippen molar-refractivity contribution in [1.82, 2.24) is 5.32 Å². The van der Waals surface area contributed by atoms with E-state index in [1.54, 1.807) is 0 Å². The van der Waals surface area contributed by atoms with E-state index in [1.807, 2.05) is 32.9 Å². The van der Waals surface area contributed by atoms with E-state index in [0.29, 0.717) is 0 Å². The van der Waals surface area contributed by atoms with Crippen LogP contribution in [0.15, 0.2) is 16.6 Å². The minimum absolute atomic E-state index is 0.0478. The van der Waals surface area contributed by atoms with Crippen LogP contribution in [0.2, 0.25) is 0 Å². The Kier molecular flexibility index (Phi) is 6.35. The van der Waals surface area contributed by atoms with Crippen LogP contribution < -0.4 is 10.6 Å². The molecular weight excluding hydrogens is 304 g/mol. The average Bonchev–Trinajstić information content (AvgIpc) is 2.36. The third-order valence-electron chi connectivity index (χ3n) is 3.04. The summed E-state index contributed by atoms with van der Waals surface area (Å²) in [7, 11) is 0. The normalized spacial score (nSPS) is 12.1. The summed E-state index contributed by atoms with van der Waals surface area (Å²) in [5.41, 5.74) is 3.32. The predicted molar refractivity (Wildman–Crippen MR) is 84.6 cm³/mol. The lowest BCUT2D eigenvalue weighted by molar-refractivity contribution is -0.121. The molecule has 0 heterocycles. The van der Waals surface area contributed by atoms with Crippen LogP contribution in [0.1, 0.15) is 37.8 Å². The first-order chi connectivity index (χ1) is 8.95. The van der Waals surface area contributed by atoms with Gasteiger partial charge in [0.15, 0.2) is 0 Å². The Morgan fingerprint density at radius 1 is 1.32 bits per heavy atom. The van der Waals surface area contributed by atoms with Gasteiger partial charge in [-0.05, 0) is 50.5 Å². The van der Waals surface area contributed by atoms with E-state index < -0.39 is 0 Å². The van der Waals surface area contributed by atoms with Crippen molar-refractivity contribution < 1.29 is 4.79 Å². The number of rotatable bonds is 6. The highest BCUT2D eigenvalue weighted by molar-refractivity contribution is 9.10. The third kappa shape index (κ3) is 4.86. The number of amides is 1. The van der Waals surface area contributed by atoms with Gasteiger partial charge in [-0.15, -0.1) is 0 Å². The Morgan fingerprint density at radius 3 is 2.42 bits per heavy atom. The molecule has 0 saturated heterocycles. The maximum atomic E-state index is 11.9. The van der Waals surface area contributed by atoms with Gasteiger partial charge in [-0.3, -0.25) is 4.79 Å². The molecule has 1 unspecified atom stereocenters. The molecule has 0 bridgehead atoms. The van der Waals surface area contributed by atoms with Crippen LogP contribution in [0.4, 0.5) is 5.69 Å².